The summed E-state index contributed by atoms with van der Waals surface area (Å²) in [4.78, 5) is 13.3. The summed E-state index contributed by atoms with van der Waals surface area (Å²) in [6.07, 6.45) is 1.03. The summed E-state index contributed by atoms with van der Waals surface area (Å²) in [5, 5.41) is 2.66. The van der Waals surface area contributed by atoms with Crippen LogP contribution in [-0.2, 0) is 24.4 Å². The molecule has 0 radical (unpaired) electrons. The SMILES string of the molecule is COC(=O)NCc1ccc(CN2Cc3ccc(OCC4CC4)cc3C(F)C2)cc1. The van der Waals surface area contributed by atoms with E-state index in [0.29, 0.717) is 25.6 Å². The summed E-state index contributed by atoms with van der Waals surface area (Å²) in [6, 6.07) is 13.8. The first-order chi connectivity index (χ1) is 14.1. The molecule has 1 atom stereocenters. The molecule has 1 amide bonds. The second-order valence-electron chi connectivity index (χ2n) is 7.91. The Hall–Kier alpha value is -2.60. The zero-order valence-corrected chi connectivity index (χ0v) is 16.7. The second kappa shape index (κ2) is 8.82. The molecule has 5 nitrogen and oxygen atoms in total. The number of methoxy groups -OCH3 is 1. The monoisotopic (exact) mass is 398 g/mol. The lowest BCUT2D eigenvalue weighted by molar-refractivity contribution is 0.158. The van der Waals surface area contributed by atoms with Crippen molar-refractivity contribution in [3.8, 4) is 5.75 Å². The minimum atomic E-state index is -1.01. The maximum Gasteiger partial charge on any atom is 0.407 e. The van der Waals surface area contributed by atoms with Crippen molar-refractivity contribution in [3.05, 3.63) is 64.7 Å². The van der Waals surface area contributed by atoms with E-state index in [0.717, 1.165) is 41.2 Å². The second-order valence-corrected chi connectivity index (χ2v) is 7.91. The molecule has 0 aromatic heterocycles. The molecule has 0 saturated heterocycles. The van der Waals surface area contributed by atoms with Gasteiger partial charge in [0.15, 0.2) is 0 Å². The van der Waals surface area contributed by atoms with Crippen LogP contribution in [0.3, 0.4) is 0 Å². The molecule has 2 aliphatic rings. The van der Waals surface area contributed by atoms with Crippen LogP contribution in [-0.4, -0.2) is 31.3 Å². The number of amides is 1. The Labute approximate surface area is 170 Å². The lowest BCUT2D eigenvalue weighted by Crippen LogP contribution is -2.31. The van der Waals surface area contributed by atoms with Gasteiger partial charge in [0, 0.05) is 26.2 Å². The molecule has 1 fully saturated rings. The predicted octanol–water partition coefficient (Wildman–Crippen LogP) is 4.36. The van der Waals surface area contributed by atoms with E-state index >= 15 is 0 Å². The van der Waals surface area contributed by atoms with Gasteiger partial charge in [0.05, 0.1) is 13.7 Å². The highest BCUT2D eigenvalue weighted by molar-refractivity contribution is 5.66. The maximum atomic E-state index is 14.8. The fourth-order valence-electron chi connectivity index (χ4n) is 3.62. The molecule has 6 heteroatoms. The van der Waals surface area contributed by atoms with Crippen LogP contribution in [0.1, 0.15) is 41.3 Å². The standard InChI is InChI=1S/C23H27FN2O3/c1-28-23(27)25-11-16-2-4-17(5-3-16)12-26-13-19-8-9-20(29-15-18-6-7-18)10-21(19)22(24)14-26/h2-5,8-10,18,22H,6-7,11-15H2,1H3,(H,25,27). The zero-order chi connectivity index (χ0) is 20.2. The molecule has 1 heterocycles. The molecule has 1 N–H and O–H groups in total. The van der Waals surface area contributed by atoms with Gasteiger partial charge in [-0.05, 0) is 53.1 Å². The number of nitrogens with one attached hydrogen (secondary N) is 1. The third-order valence-corrected chi connectivity index (χ3v) is 5.50. The van der Waals surface area contributed by atoms with Crippen molar-refractivity contribution < 1.29 is 18.7 Å². The minimum Gasteiger partial charge on any atom is -0.493 e. The topological polar surface area (TPSA) is 50.8 Å². The van der Waals surface area contributed by atoms with Crippen LogP contribution in [0.5, 0.6) is 5.75 Å². The number of rotatable bonds is 7. The first-order valence-corrected chi connectivity index (χ1v) is 10.1. The smallest absolute Gasteiger partial charge is 0.407 e. The van der Waals surface area contributed by atoms with Crippen molar-refractivity contribution in [1.82, 2.24) is 10.2 Å². The Morgan fingerprint density at radius 3 is 2.66 bits per heavy atom. The molecule has 1 unspecified atom stereocenters. The van der Waals surface area contributed by atoms with E-state index in [1.807, 2.05) is 42.5 Å². The molecule has 2 aromatic carbocycles. The number of hydrogen-bond donors (Lipinski definition) is 1. The Bertz CT molecular complexity index is 852. The number of alkyl halides is 1. The number of carbonyl (C=O) groups excluding carboxylic acids is 1. The van der Waals surface area contributed by atoms with E-state index in [2.05, 4.69) is 15.0 Å². The summed E-state index contributed by atoms with van der Waals surface area (Å²) < 4.78 is 25.2. The predicted molar refractivity (Wildman–Crippen MR) is 108 cm³/mol. The van der Waals surface area contributed by atoms with Gasteiger partial charge >= 0.3 is 6.09 Å². The molecule has 0 bridgehead atoms. The van der Waals surface area contributed by atoms with Crippen LogP contribution < -0.4 is 10.1 Å². The Balaban J connectivity index is 1.34. The zero-order valence-electron chi connectivity index (χ0n) is 16.7. The van der Waals surface area contributed by atoms with Crippen molar-refractivity contribution in [3.63, 3.8) is 0 Å². The van der Waals surface area contributed by atoms with Crippen molar-refractivity contribution in [2.45, 2.75) is 38.6 Å². The number of carbonyl (C=O) groups is 1. The van der Waals surface area contributed by atoms with Crippen molar-refractivity contribution in [2.75, 3.05) is 20.3 Å². The van der Waals surface area contributed by atoms with Crippen LogP contribution in [0.4, 0.5) is 9.18 Å². The van der Waals surface area contributed by atoms with Gasteiger partial charge in [-0.15, -0.1) is 0 Å². The maximum absolute atomic E-state index is 14.8. The average Bonchev–Trinajstić information content (AvgIpc) is 3.56. The number of nitrogens with zero attached hydrogens (tertiary/aromatic N) is 1. The van der Waals surface area contributed by atoms with Gasteiger partial charge in [0.2, 0.25) is 0 Å². The van der Waals surface area contributed by atoms with Crippen LogP contribution in [0, 0.1) is 5.92 Å². The van der Waals surface area contributed by atoms with Gasteiger partial charge in [-0.25, -0.2) is 9.18 Å². The molecule has 1 saturated carbocycles. The number of benzene rings is 2. The van der Waals surface area contributed by atoms with Crippen LogP contribution in [0.15, 0.2) is 42.5 Å². The first kappa shape index (κ1) is 19.7. The number of halogens is 1. The van der Waals surface area contributed by atoms with E-state index < -0.39 is 12.3 Å². The van der Waals surface area contributed by atoms with Crippen molar-refractivity contribution in [1.29, 1.82) is 0 Å². The molecule has 4 rings (SSSR count). The Morgan fingerprint density at radius 2 is 1.93 bits per heavy atom. The molecular weight excluding hydrogens is 371 g/mol. The summed E-state index contributed by atoms with van der Waals surface area (Å²) in [6.45, 7) is 2.95. The number of ether oxygens (including phenoxy) is 2. The van der Waals surface area contributed by atoms with Gasteiger partial charge in [-0.2, -0.15) is 0 Å². The third-order valence-electron chi connectivity index (χ3n) is 5.50. The van der Waals surface area contributed by atoms with Gasteiger partial charge in [-0.3, -0.25) is 4.90 Å². The van der Waals surface area contributed by atoms with E-state index in [4.69, 9.17) is 4.74 Å². The van der Waals surface area contributed by atoms with Gasteiger partial charge < -0.3 is 14.8 Å². The molecule has 1 aliphatic carbocycles. The van der Waals surface area contributed by atoms with Crippen LogP contribution >= 0.6 is 0 Å². The average molecular weight is 398 g/mol. The van der Waals surface area contributed by atoms with E-state index in [-0.39, 0.29) is 0 Å². The lowest BCUT2D eigenvalue weighted by atomic mass is 9.97. The number of fused-ring (bicyclic) bond motifs is 1. The summed E-state index contributed by atoms with van der Waals surface area (Å²) in [5.41, 5.74) is 3.90. The quantitative estimate of drug-likeness (QED) is 0.753. The minimum absolute atomic E-state index is 0.380. The van der Waals surface area contributed by atoms with E-state index in [1.54, 1.807) is 0 Å². The van der Waals surface area contributed by atoms with Crippen molar-refractivity contribution in [2.24, 2.45) is 5.92 Å². The van der Waals surface area contributed by atoms with E-state index in [9.17, 15) is 9.18 Å². The largest absolute Gasteiger partial charge is 0.493 e. The first-order valence-electron chi connectivity index (χ1n) is 10.1. The fraction of sp³-hybridized carbons (Fsp3) is 0.435. The summed E-state index contributed by atoms with van der Waals surface area (Å²) in [5.74, 6) is 1.47. The summed E-state index contributed by atoms with van der Waals surface area (Å²) in [7, 11) is 1.34. The molecule has 0 spiro atoms. The van der Waals surface area contributed by atoms with Gasteiger partial charge in [0.25, 0.3) is 0 Å². The van der Waals surface area contributed by atoms with Crippen molar-refractivity contribution >= 4 is 6.09 Å². The van der Waals surface area contributed by atoms with Gasteiger partial charge in [-0.1, -0.05) is 30.3 Å². The highest BCUT2D eigenvalue weighted by Gasteiger charge is 2.26. The third kappa shape index (κ3) is 5.26. The Morgan fingerprint density at radius 1 is 1.17 bits per heavy atom. The lowest BCUT2D eigenvalue weighted by Gasteiger charge is -2.31. The highest BCUT2D eigenvalue weighted by Crippen LogP contribution is 2.34. The van der Waals surface area contributed by atoms with E-state index in [1.165, 1.54) is 20.0 Å². The normalized spacial score (nSPS) is 18.8. The summed E-state index contributed by atoms with van der Waals surface area (Å²) >= 11 is 0. The molecule has 29 heavy (non-hydrogen) atoms. The van der Waals surface area contributed by atoms with Crippen LogP contribution in [0.2, 0.25) is 0 Å². The Kier molecular flexibility index (Phi) is 6.00. The number of alkyl carbamates (subject to hydrolysis) is 1. The molecular formula is C23H27FN2O3. The molecule has 1 aliphatic heterocycles. The fourth-order valence-corrected chi connectivity index (χ4v) is 3.62. The van der Waals surface area contributed by atoms with Crippen LogP contribution in [0.25, 0.3) is 0 Å². The van der Waals surface area contributed by atoms with Gasteiger partial charge in [0.1, 0.15) is 11.9 Å². The highest BCUT2D eigenvalue weighted by atomic mass is 19.1. The molecule has 2 aromatic rings. The number of hydrogen-bond acceptors (Lipinski definition) is 4. The molecule has 154 valence electrons.